The van der Waals surface area contributed by atoms with Crippen LogP contribution in [0.1, 0.15) is 74.8 Å². The monoisotopic (exact) mass is 426 g/mol. The van der Waals surface area contributed by atoms with E-state index in [1.165, 1.54) is 13.4 Å². The molecule has 31 heavy (non-hydrogen) atoms. The number of nitrogens with one attached hydrogen (secondary N) is 1. The quantitative estimate of drug-likeness (QED) is 0.231. The van der Waals surface area contributed by atoms with Crippen LogP contribution in [0.25, 0.3) is 10.9 Å². The normalized spacial score (nSPS) is 9.06. The summed E-state index contributed by atoms with van der Waals surface area (Å²) in [7, 11) is 1.50. The van der Waals surface area contributed by atoms with Crippen molar-refractivity contribution in [2.75, 3.05) is 12.4 Å². The van der Waals surface area contributed by atoms with Crippen LogP contribution in [0.3, 0.4) is 0 Å². The van der Waals surface area contributed by atoms with Crippen molar-refractivity contribution in [3.05, 3.63) is 54.5 Å². The molecule has 0 fully saturated rings. The number of fused-ring (bicyclic) bond motifs is 1. The largest absolute Gasteiger partial charge is 0.398 e. The zero-order valence-corrected chi connectivity index (χ0v) is 21.4. The lowest BCUT2D eigenvalue weighted by Crippen LogP contribution is -2.02. The topological polar surface area (TPSA) is 59.4 Å². The molecule has 5 nitrogen and oxygen atoms in total. The van der Waals surface area contributed by atoms with Gasteiger partial charge in [-0.05, 0) is 44.0 Å². The SMILES string of the molecule is C=C(/C=C\C)Nc1ncnc2ccc(/C(C#CC)=N/OC)cc12.CC.CC.CC.CC. The third-order valence-electron chi connectivity index (χ3n) is 2.98. The smallest absolute Gasteiger partial charge is 0.159 e. The zero-order chi connectivity index (χ0) is 24.7. The van der Waals surface area contributed by atoms with E-state index in [0.29, 0.717) is 11.5 Å². The Kier molecular flexibility index (Phi) is 24.3. The number of nitrogens with zero attached hydrogens (tertiary/aromatic N) is 3. The van der Waals surface area contributed by atoms with Crippen molar-refractivity contribution >= 4 is 22.4 Å². The summed E-state index contributed by atoms with van der Waals surface area (Å²) >= 11 is 0. The van der Waals surface area contributed by atoms with Crippen molar-refractivity contribution in [2.24, 2.45) is 5.16 Å². The summed E-state index contributed by atoms with van der Waals surface area (Å²) in [4.78, 5) is 13.4. The molecule has 5 heteroatoms. The molecular formula is C26H42N4O. The van der Waals surface area contributed by atoms with Gasteiger partial charge in [0.1, 0.15) is 19.3 Å². The van der Waals surface area contributed by atoms with Crippen LogP contribution in [0.15, 0.2) is 54.1 Å². The Hall–Kier alpha value is -3.13. The second-order valence-electron chi connectivity index (χ2n) is 4.60. The van der Waals surface area contributed by atoms with Gasteiger partial charge in [-0.25, -0.2) is 9.97 Å². The highest BCUT2D eigenvalue weighted by Crippen LogP contribution is 2.22. The predicted molar refractivity (Wildman–Crippen MR) is 140 cm³/mol. The minimum Gasteiger partial charge on any atom is -0.398 e. The molecule has 1 N–H and O–H groups in total. The highest BCUT2D eigenvalue weighted by Gasteiger charge is 2.08. The van der Waals surface area contributed by atoms with Crippen molar-refractivity contribution in [1.82, 2.24) is 9.97 Å². The van der Waals surface area contributed by atoms with Crippen LogP contribution in [-0.4, -0.2) is 22.8 Å². The van der Waals surface area contributed by atoms with Crippen molar-refractivity contribution < 1.29 is 4.84 Å². The van der Waals surface area contributed by atoms with Gasteiger partial charge in [-0.1, -0.05) is 79.1 Å². The molecule has 0 unspecified atom stereocenters. The second kappa shape index (κ2) is 23.2. The summed E-state index contributed by atoms with van der Waals surface area (Å²) in [5, 5.41) is 8.00. The van der Waals surface area contributed by atoms with Gasteiger partial charge in [0.25, 0.3) is 0 Å². The van der Waals surface area contributed by atoms with Crippen molar-refractivity contribution in [3.63, 3.8) is 0 Å². The fraction of sp³-hybridized carbons (Fsp3) is 0.423. The van der Waals surface area contributed by atoms with E-state index in [1.54, 1.807) is 6.92 Å². The van der Waals surface area contributed by atoms with E-state index in [2.05, 4.69) is 38.9 Å². The van der Waals surface area contributed by atoms with Gasteiger partial charge < -0.3 is 10.2 Å². The van der Waals surface area contributed by atoms with Crippen molar-refractivity contribution in [1.29, 1.82) is 0 Å². The number of benzene rings is 1. The Labute approximate surface area is 190 Å². The van der Waals surface area contributed by atoms with Crippen LogP contribution in [0.2, 0.25) is 0 Å². The molecule has 172 valence electrons. The molecule has 0 atom stereocenters. The molecule has 0 saturated carbocycles. The maximum Gasteiger partial charge on any atom is 0.159 e. The molecule has 0 amide bonds. The first-order valence-corrected chi connectivity index (χ1v) is 11.1. The van der Waals surface area contributed by atoms with Gasteiger partial charge >= 0.3 is 0 Å². The van der Waals surface area contributed by atoms with E-state index in [4.69, 9.17) is 4.84 Å². The number of anilines is 1. The van der Waals surface area contributed by atoms with Crippen LogP contribution in [0, 0.1) is 11.8 Å². The fourth-order valence-corrected chi connectivity index (χ4v) is 2.06. The average molecular weight is 427 g/mol. The number of oxime groups is 1. The average Bonchev–Trinajstić information content (AvgIpc) is 2.84. The van der Waals surface area contributed by atoms with Crippen molar-refractivity contribution in [3.8, 4) is 11.8 Å². The molecule has 0 aliphatic carbocycles. The Morgan fingerprint density at radius 1 is 1.06 bits per heavy atom. The van der Waals surface area contributed by atoms with Crippen LogP contribution >= 0.6 is 0 Å². The molecule has 0 bridgehead atoms. The maximum absolute atomic E-state index is 4.87. The van der Waals surface area contributed by atoms with Crippen LogP contribution < -0.4 is 5.32 Å². The maximum atomic E-state index is 4.87. The highest BCUT2D eigenvalue weighted by molar-refractivity contribution is 6.14. The molecular weight excluding hydrogens is 384 g/mol. The number of hydrogen-bond donors (Lipinski definition) is 1. The Morgan fingerprint density at radius 2 is 1.68 bits per heavy atom. The van der Waals surface area contributed by atoms with Gasteiger partial charge in [-0.3, -0.25) is 0 Å². The van der Waals surface area contributed by atoms with E-state index in [0.717, 1.165) is 22.2 Å². The number of hydrogen-bond acceptors (Lipinski definition) is 5. The van der Waals surface area contributed by atoms with Gasteiger partial charge in [-0.15, -0.1) is 0 Å². The predicted octanol–water partition coefficient (Wildman–Crippen LogP) is 7.61. The third kappa shape index (κ3) is 12.2. The van der Waals surface area contributed by atoms with Crippen LogP contribution in [-0.2, 0) is 4.84 Å². The first-order chi connectivity index (χ1) is 15.2. The fourth-order valence-electron chi connectivity index (χ4n) is 2.06. The molecule has 1 aromatic carbocycles. The molecule has 1 heterocycles. The minimum absolute atomic E-state index is 0.555. The lowest BCUT2D eigenvalue weighted by molar-refractivity contribution is 0.214. The molecule has 2 aromatic rings. The summed E-state index contributed by atoms with van der Waals surface area (Å²) in [6, 6.07) is 5.74. The number of allylic oxidation sites excluding steroid dienone is 2. The number of rotatable bonds is 5. The Morgan fingerprint density at radius 3 is 2.19 bits per heavy atom. The van der Waals surface area contributed by atoms with Gasteiger partial charge in [0.05, 0.1) is 5.52 Å². The Bertz CT molecular complexity index is 843. The molecule has 0 spiro atoms. The summed E-state index contributed by atoms with van der Waals surface area (Å²) in [5.74, 6) is 6.44. The summed E-state index contributed by atoms with van der Waals surface area (Å²) in [5.41, 5.74) is 2.96. The third-order valence-corrected chi connectivity index (χ3v) is 2.98. The molecule has 0 aliphatic rings. The minimum atomic E-state index is 0.555. The lowest BCUT2D eigenvalue weighted by Gasteiger charge is -2.09. The summed E-state index contributed by atoms with van der Waals surface area (Å²) in [6.45, 7) is 23.6. The molecule has 1 aromatic heterocycles. The Balaban J connectivity index is -0.000000879. The van der Waals surface area contributed by atoms with Gasteiger partial charge in [0.15, 0.2) is 5.71 Å². The lowest BCUT2D eigenvalue weighted by atomic mass is 10.1. The first-order valence-electron chi connectivity index (χ1n) is 11.1. The molecule has 2 rings (SSSR count). The van der Waals surface area contributed by atoms with E-state index < -0.39 is 0 Å². The van der Waals surface area contributed by atoms with E-state index in [9.17, 15) is 0 Å². The van der Waals surface area contributed by atoms with Gasteiger partial charge in [0, 0.05) is 16.6 Å². The first kappa shape index (κ1) is 32.5. The van der Waals surface area contributed by atoms with Gasteiger partial charge in [-0.2, -0.15) is 0 Å². The summed E-state index contributed by atoms with van der Waals surface area (Å²) in [6.07, 6.45) is 5.30. The molecule has 0 radical (unpaired) electrons. The van der Waals surface area contributed by atoms with Gasteiger partial charge in [0.2, 0.25) is 0 Å². The van der Waals surface area contributed by atoms with Crippen molar-refractivity contribution in [2.45, 2.75) is 69.2 Å². The second-order valence-corrected chi connectivity index (χ2v) is 4.60. The molecule has 0 aliphatic heterocycles. The van der Waals surface area contributed by atoms with Crippen LogP contribution in [0.4, 0.5) is 5.82 Å². The standard InChI is InChI=1S/C18H18N4O.4C2H6/c1-5-7-13(3)21-18-15-11-14(16(8-6-2)22-23-4)9-10-17(15)19-12-20-18;4*1-2/h5,7,9-12H,3H2,1-2,4H3,(H,19,20,21);4*1-2H3/b7-5-,22-16+;;;;. The van der Waals surface area contributed by atoms with Crippen LogP contribution in [0.5, 0.6) is 0 Å². The highest BCUT2D eigenvalue weighted by atomic mass is 16.6. The van der Waals surface area contributed by atoms with E-state index in [-0.39, 0.29) is 0 Å². The number of aromatic nitrogens is 2. The van der Waals surface area contributed by atoms with E-state index >= 15 is 0 Å². The molecule has 0 saturated heterocycles. The zero-order valence-electron chi connectivity index (χ0n) is 21.4. The van der Waals surface area contributed by atoms with E-state index in [1.807, 2.05) is 92.7 Å². The summed E-state index contributed by atoms with van der Waals surface area (Å²) < 4.78 is 0.